The lowest BCUT2D eigenvalue weighted by atomic mass is 9.78. The van der Waals surface area contributed by atoms with Crippen molar-refractivity contribution in [3.63, 3.8) is 0 Å². The first-order chi connectivity index (χ1) is 11.0. The molecule has 2 aromatic rings. The van der Waals surface area contributed by atoms with E-state index < -0.39 is 17.3 Å². The van der Waals surface area contributed by atoms with Crippen LogP contribution in [-0.2, 0) is 12.1 Å². The van der Waals surface area contributed by atoms with Crippen LogP contribution >= 0.6 is 0 Å². The highest BCUT2D eigenvalue weighted by atomic mass is 19.1. The first-order valence-corrected chi connectivity index (χ1v) is 7.65. The fourth-order valence-electron chi connectivity index (χ4n) is 2.88. The molecule has 0 saturated carbocycles. The predicted molar refractivity (Wildman–Crippen MR) is 86.8 cm³/mol. The van der Waals surface area contributed by atoms with Crippen LogP contribution in [0, 0.1) is 5.82 Å². The van der Waals surface area contributed by atoms with Crippen LogP contribution in [0.2, 0.25) is 0 Å². The van der Waals surface area contributed by atoms with Crippen LogP contribution in [0.25, 0.3) is 5.57 Å². The van der Waals surface area contributed by atoms with Gasteiger partial charge in [-0.1, -0.05) is 43.3 Å². The summed E-state index contributed by atoms with van der Waals surface area (Å²) in [5.41, 5.74) is 0.481. The van der Waals surface area contributed by atoms with Gasteiger partial charge in [-0.2, -0.15) is 0 Å². The van der Waals surface area contributed by atoms with Gasteiger partial charge < -0.3 is 0 Å². The minimum atomic E-state index is -1.82. The molecule has 3 rings (SSSR count). The van der Waals surface area contributed by atoms with Crippen molar-refractivity contribution in [3.8, 4) is 0 Å². The van der Waals surface area contributed by atoms with Crippen molar-refractivity contribution in [3.05, 3.63) is 89.0 Å². The molecular formula is C20H17F3. The molecule has 1 aliphatic carbocycles. The van der Waals surface area contributed by atoms with Gasteiger partial charge in [0.15, 0.2) is 5.67 Å². The van der Waals surface area contributed by atoms with Gasteiger partial charge in [0, 0.05) is 12.0 Å². The Bertz CT molecular complexity index is 754. The summed E-state index contributed by atoms with van der Waals surface area (Å²) in [4.78, 5) is 0. The van der Waals surface area contributed by atoms with Gasteiger partial charge in [0.2, 0.25) is 0 Å². The molecule has 1 unspecified atom stereocenters. The number of halogens is 3. The average Bonchev–Trinajstić information content (AvgIpc) is 2.58. The lowest BCUT2D eigenvalue weighted by Crippen LogP contribution is -2.24. The third-order valence-electron chi connectivity index (χ3n) is 4.26. The van der Waals surface area contributed by atoms with Gasteiger partial charge in [-0.25, -0.2) is 13.2 Å². The smallest absolute Gasteiger partial charge is 0.165 e. The van der Waals surface area contributed by atoms with Crippen molar-refractivity contribution in [2.75, 3.05) is 0 Å². The summed E-state index contributed by atoms with van der Waals surface area (Å²) in [6.45, 7) is 2.03. The highest BCUT2D eigenvalue weighted by Crippen LogP contribution is 2.46. The lowest BCUT2D eigenvalue weighted by Gasteiger charge is -2.30. The van der Waals surface area contributed by atoms with Crippen LogP contribution in [0.4, 0.5) is 13.2 Å². The van der Waals surface area contributed by atoms with E-state index in [-0.39, 0.29) is 12.0 Å². The van der Waals surface area contributed by atoms with E-state index >= 15 is 4.39 Å². The van der Waals surface area contributed by atoms with Gasteiger partial charge in [0.05, 0.1) is 0 Å². The van der Waals surface area contributed by atoms with Gasteiger partial charge in [0.25, 0.3) is 0 Å². The molecule has 2 aromatic carbocycles. The molecule has 0 bridgehead atoms. The average molecular weight is 314 g/mol. The second-order valence-corrected chi connectivity index (χ2v) is 5.71. The molecule has 0 radical (unpaired) electrons. The summed E-state index contributed by atoms with van der Waals surface area (Å²) in [6.07, 6.45) is 3.24. The molecule has 0 spiro atoms. The van der Waals surface area contributed by atoms with Gasteiger partial charge in [-0.05, 0) is 47.4 Å². The second-order valence-electron chi connectivity index (χ2n) is 5.71. The molecule has 0 nitrogen and oxygen atoms in total. The van der Waals surface area contributed by atoms with E-state index in [1.807, 2.05) is 19.1 Å². The van der Waals surface area contributed by atoms with Crippen LogP contribution in [0.5, 0.6) is 0 Å². The van der Waals surface area contributed by atoms with E-state index in [4.69, 9.17) is 0 Å². The third-order valence-corrected chi connectivity index (χ3v) is 4.26. The summed E-state index contributed by atoms with van der Waals surface area (Å²) in [6, 6.07) is 12.7. The summed E-state index contributed by atoms with van der Waals surface area (Å²) in [5.74, 6) is -0.874. The number of hydrogen-bond donors (Lipinski definition) is 0. The fourth-order valence-corrected chi connectivity index (χ4v) is 2.88. The minimum Gasteiger partial charge on any atom is -0.233 e. The number of rotatable bonds is 3. The number of aryl methyl sites for hydroxylation is 1. The first kappa shape index (κ1) is 15.6. The van der Waals surface area contributed by atoms with Crippen molar-refractivity contribution in [2.45, 2.75) is 25.4 Å². The Kier molecular flexibility index (Phi) is 4.12. The number of allylic oxidation sites excluding steroid dienone is 4. The maximum absolute atomic E-state index is 15.8. The molecule has 1 aliphatic rings. The number of hydrogen-bond acceptors (Lipinski definition) is 0. The van der Waals surface area contributed by atoms with Crippen molar-refractivity contribution in [1.29, 1.82) is 0 Å². The molecule has 3 heteroatoms. The third kappa shape index (κ3) is 2.96. The van der Waals surface area contributed by atoms with E-state index in [1.165, 1.54) is 36.4 Å². The van der Waals surface area contributed by atoms with Crippen LogP contribution in [0.3, 0.4) is 0 Å². The highest BCUT2D eigenvalue weighted by molar-refractivity contribution is 5.77. The second kappa shape index (κ2) is 6.07. The van der Waals surface area contributed by atoms with Gasteiger partial charge in [-0.3, -0.25) is 0 Å². The molecule has 23 heavy (non-hydrogen) atoms. The molecule has 0 N–H and O–H groups in total. The van der Waals surface area contributed by atoms with Crippen LogP contribution in [0.15, 0.2) is 66.5 Å². The van der Waals surface area contributed by atoms with Crippen molar-refractivity contribution in [1.82, 2.24) is 0 Å². The first-order valence-electron chi connectivity index (χ1n) is 7.65. The van der Waals surface area contributed by atoms with Crippen molar-refractivity contribution >= 4 is 5.57 Å². The van der Waals surface area contributed by atoms with E-state index in [9.17, 15) is 8.78 Å². The van der Waals surface area contributed by atoms with E-state index in [2.05, 4.69) is 0 Å². The maximum Gasteiger partial charge on any atom is 0.165 e. The monoisotopic (exact) mass is 314 g/mol. The van der Waals surface area contributed by atoms with Crippen LogP contribution in [0.1, 0.15) is 30.0 Å². The Balaban J connectivity index is 2.08. The Labute approximate surface area is 134 Å². The van der Waals surface area contributed by atoms with Crippen molar-refractivity contribution in [2.24, 2.45) is 0 Å². The molecule has 1 atom stereocenters. The summed E-state index contributed by atoms with van der Waals surface area (Å²) >= 11 is 0. The Hall–Kier alpha value is -2.29. The van der Waals surface area contributed by atoms with E-state index in [0.717, 1.165) is 12.0 Å². The highest BCUT2D eigenvalue weighted by Gasteiger charge is 2.38. The number of alkyl halides is 1. The van der Waals surface area contributed by atoms with Gasteiger partial charge >= 0.3 is 0 Å². The molecule has 0 amide bonds. The summed E-state index contributed by atoms with van der Waals surface area (Å²) < 4.78 is 42.6. The zero-order valence-electron chi connectivity index (χ0n) is 12.8. The number of benzene rings is 2. The molecule has 0 aliphatic heterocycles. The Morgan fingerprint density at radius 3 is 2.22 bits per heavy atom. The van der Waals surface area contributed by atoms with Crippen LogP contribution in [-0.4, -0.2) is 0 Å². The largest absolute Gasteiger partial charge is 0.233 e. The zero-order chi connectivity index (χ0) is 16.4. The minimum absolute atomic E-state index is 0.0759. The van der Waals surface area contributed by atoms with Crippen molar-refractivity contribution < 1.29 is 13.2 Å². The molecule has 0 heterocycles. The molecular weight excluding hydrogens is 297 g/mol. The lowest BCUT2D eigenvalue weighted by molar-refractivity contribution is 0.247. The maximum atomic E-state index is 15.8. The molecule has 0 aromatic heterocycles. The topological polar surface area (TPSA) is 0 Å². The quantitative estimate of drug-likeness (QED) is 0.662. The zero-order valence-corrected chi connectivity index (χ0v) is 12.8. The van der Waals surface area contributed by atoms with Crippen LogP contribution < -0.4 is 0 Å². The normalized spacial score (nSPS) is 20.9. The molecule has 0 saturated heterocycles. The van der Waals surface area contributed by atoms with E-state index in [1.54, 1.807) is 12.1 Å². The molecule has 0 fully saturated rings. The van der Waals surface area contributed by atoms with Gasteiger partial charge in [0.1, 0.15) is 11.6 Å². The summed E-state index contributed by atoms with van der Waals surface area (Å²) in [7, 11) is 0. The Morgan fingerprint density at radius 2 is 1.61 bits per heavy atom. The standard InChI is InChI=1S/C20H17F3/c1-2-14-3-7-16(8-4-14)20(23)12-11-18(22)13-19(20)15-5-9-17(21)10-6-15/h3-11,13H,2,12H2,1H3. The predicted octanol–water partition coefficient (Wildman–Crippen LogP) is 5.89. The van der Waals surface area contributed by atoms with Gasteiger partial charge in [-0.15, -0.1) is 0 Å². The molecule has 118 valence electrons. The SMILES string of the molecule is CCc1ccc(C2(F)CC=C(F)C=C2c2ccc(F)cc2)cc1. The van der Waals surface area contributed by atoms with E-state index in [0.29, 0.717) is 11.1 Å². The fraction of sp³-hybridized carbons (Fsp3) is 0.200. The Morgan fingerprint density at radius 1 is 0.957 bits per heavy atom. The summed E-state index contributed by atoms with van der Waals surface area (Å²) in [5, 5.41) is 0.